The minimum atomic E-state index is -0.183. The molecule has 0 atom stereocenters. The monoisotopic (exact) mass is 351 g/mol. The molecule has 0 unspecified atom stereocenters. The zero-order valence-corrected chi connectivity index (χ0v) is 14.8. The Morgan fingerprint density at radius 1 is 0.923 bits per heavy atom. The van der Waals surface area contributed by atoms with Crippen LogP contribution in [0.25, 0.3) is 0 Å². The number of anilines is 2. The zero-order valence-electron chi connectivity index (χ0n) is 14.8. The molecule has 3 rings (SSSR count). The molecule has 5 heteroatoms. The van der Waals surface area contributed by atoms with E-state index in [1.165, 1.54) is 12.8 Å². The van der Waals surface area contributed by atoms with Gasteiger partial charge in [0.1, 0.15) is 0 Å². The van der Waals surface area contributed by atoms with Crippen molar-refractivity contribution in [2.45, 2.75) is 38.1 Å². The van der Waals surface area contributed by atoms with Gasteiger partial charge in [-0.05, 0) is 37.1 Å². The quantitative estimate of drug-likeness (QED) is 0.714. The summed E-state index contributed by atoms with van der Waals surface area (Å²) in [7, 11) is 0. The largest absolute Gasteiger partial charge is 0.355 e. The molecule has 2 aromatic carbocycles. The van der Waals surface area contributed by atoms with Gasteiger partial charge < -0.3 is 16.0 Å². The summed E-state index contributed by atoms with van der Waals surface area (Å²) in [6, 6.07) is 17.4. The van der Waals surface area contributed by atoms with Gasteiger partial charge >= 0.3 is 0 Å². The van der Waals surface area contributed by atoms with Crippen LogP contribution >= 0.6 is 0 Å². The molecule has 2 aromatic rings. The fourth-order valence-corrected chi connectivity index (χ4v) is 3.22. The highest BCUT2D eigenvalue weighted by atomic mass is 16.2. The van der Waals surface area contributed by atoms with Crippen LogP contribution in [0.5, 0.6) is 0 Å². The summed E-state index contributed by atoms with van der Waals surface area (Å²) in [5, 5.41) is 9.14. The fraction of sp³-hybridized carbons (Fsp3) is 0.333. The standard InChI is InChI=1S/C21H25N3O2/c25-20(24-17-10-4-5-11-17)14-15-22-21(26)18-12-6-7-13-19(18)23-16-8-2-1-3-9-16/h1-3,6-9,12-13,17,23H,4-5,10-11,14-15H2,(H,22,26)(H,24,25). The Balaban J connectivity index is 1.52. The number of benzene rings is 2. The van der Waals surface area contributed by atoms with Gasteiger partial charge in [-0.2, -0.15) is 0 Å². The number of para-hydroxylation sites is 2. The molecule has 1 aliphatic carbocycles. The third kappa shape index (κ3) is 5.09. The van der Waals surface area contributed by atoms with Gasteiger partial charge in [0, 0.05) is 24.7 Å². The minimum absolute atomic E-state index is 0.00731. The topological polar surface area (TPSA) is 70.2 Å². The van der Waals surface area contributed by atoms with Crippen LogP contribution in [0, 0.1) is 0 Å². The van der Waals surface area contributed by atoms with Crippen molar-refractivity contribution in [1.29, 1.82) is 0 Å². The molecule has 0 spiro atoms. The molecular weight excluding hydrogens is 326 g/mol. The molecule has 0 aromatic heterocycles. The van der Waals surface area contributed by atoms with Gasteiger partial charge in [0.15, 0.2) is 0 Å². The molecule has 136 valence electrons. The Morgan fingerprint density at radius 3 is 2.38 bits per heavy atom. The average molecular weight is 351 g/mol. The van der Waals surface area contributed by atoms with Crippen molar-refractivity contribution in [2.24, 2.45) is 0 Å². The second kappa shape index (κ2) is 9.04. The molecule has 2 amide bonds. The maximum atomic E-state index is 12.5. The SMILES string of the molecule is O=C(CCNC(=O)c1ccccc1Nc1ccccc1)NC1CCCC1. The van der Waals surface area contributed by atoms with Crippen LogP contribution in [-0.4, -0.2) is 24.4 Å². The Bertz CT molecular complexity index is 740. The van der Waals surface area contributed by atoms with Crippen LogP contribution in [-0.2, 0) is 4.79 Å². The van der Waals surface area contributed by atoms with Crippen LogP contribution < -0.4 is 16.0 Å². The van der Waals surface area contributed by atoms with E-state index in [4.69, 9.17) is 0 Å². The highest BCUT2D eigenvalue weighted by Gasteiger charge is 2.17. The third-order valence-corrected chi connectivity index (χ3v) is 4.58. The van der Waals surface area contributed by atoms with Crippen molar-refractivity contribution in [3.8, 4) is 0 Å². The molecule has 0 heterocycles. The van der Waals surface area contributed by atoms with Crippen LogP contribution in [0.1, 0.15) is 42.5 Å². The van der Waals surface area contributed by atoms with Gasteiger partial charge in [-0.25, -0.2) is 0 Å². The van der Waals surface area contributed by atoms with Crippen molar-refractivity contribution < 1.29 is 9.59 Å². The first-order valence-electron chi connectivity index (χ1n) is 9.21. The van der Waals surface area contributed by atoms with Crippen molar-refractivity contribution in [3.05, 3.63) is 60.2 Å². The second-order valence-corrected chi connectivity index (χ2v) is 6.59. The number of hydrogen-bond donors (Lipinski definition) is 3. The Hall–Kier alpha value is -2.82. The number of hydrogen-bond acceptors (Lipinski definition) is 3. The van der Waals surface area contributed by atoms with E-state index >= 15 is 0 Å². The molecule has 0 aliphatic heterocycles. The van der Waals surface area contributed by atoms with Gasteiger partial charge in [0.05, 0.1) is 11.3 Å². The molecule has 0 saturated heterocycles. The van der Waals surface area contributed by atoms with Gasteiger partial charge in [0.25, 0.3) is 5.91 Å². The summed E-state index contributed by atoms with van der Waals surface area (Å²) in [6.45, 7) is 0.330. The van der Waals surface area contributed by atoms with E-state index in [9.17, 15) is 9.59 Å². The number of carbonyl (C=O) groups excluding carboxylic acids is 2. The van der Waals surface area contributed by atoms with E-state index in [2.05, 4.69) is 16.0 Å². The first-order valence-corrected chi connectivity index (χ1v) is 9.21. The first-order chi connectivity index (χ1) is 12.7. The lowest BCUT2D eigenvalue weighted by Gasteiger charge is -2.13. The minimum Gasteiger partial charge on any atom is -0.355 e. The fourth-order valence-electron chi connectivity index (χ4n) is 3.22. The predicted octanol–water partition coefficient (Wildman–Crippen LogP) is 3.61. The molecule has 3 N–H and O–H groups in total. The Morgan fingerprint density at radius 2 is 1.62 bits per heavy atom. The summed E-state index contributed by atoms with van der Waals surface area (Å²) < 4.78 is 0. The van der Waals surface area contributed by atoms with E-state index in [1.807, 2.05) is 48.5 Å². The van der Waals surface area contributed by atoms with E-state index in [-0.39, 0.29) is 11.8 Å². The molecular formula is C21H25N3O2. The molecule has 1 fully saturated rings. The summed E-state index contributed by atoms with van der Waals surface area (Å²) in [5.41, 5.74) is 2.22. The number of carbonyl (C=O) groups is 2. The Kier molecular flexibility index (Phi) is 6.25. The van der Waals surface area contributed by atoms with Crippen molar-refractivity contribution in [3.63, 3.8) is 0 Å². The molecule has 5 nitrogen and oxygen atoms in total. The summed E-state index contributed by atoms with van der Waals surface area (Å²) in [5.74, 6) is -0.175. The van der Waals surface area contributed by atoms with Gasteiger partial charge in [0.2, 0.25) is 5.91 Å². The predicted molar refractivity (Wildman–Crippen MR) is 104 cm³/mol. The van der Waals surface area contributed by atoms with Gasteiger partial charge in [-0.3, -0.25) is 9.59 Å². The smallest absolute Gasteiger partial charge is 0.253 e. The van der Waals surface area contributed by atoms with E-state index in [0.717, 1.165) is 24.2 Å². The van der Waals surface area contributed by atoms with Crippen molar-refractivity contribution in [1.82, 2.24) is 10.6 Å². The lowest BCUT2D eigenvalue weighted by atomic mass is 10.1. The first kappa shape index (κ1) is 18.0. The van der Waals surface area contributed by atoms with Crippen LogP contribution in [0.15, 0.2) is 54.6 Å². The summed E-state index contributed by atoms with van der Waals surface area (Å²) in [4.78, 5) is 24.4. The van der Waals surface area contributed by atoms with E-state index in [0.29, 0.717) is 24.6 Å². The molecule has 26 heavy (non-hydrogen) atoms. The van der Waals surface area contributed by atoms with Gasteiger partial charge in [-0.15, -0.1) is 0 Å². The van der Waals surface area contributed by atoms with Gasteiger partial charge in [-0.1, -0.05) is 43.2 Å². The highest BCUT2D eigenvalue weighted by molar-refractivity contribution is 6.00. The van der Waals surface area contributed by atoms with Crippen LogP contribution in [0.4, 0.5) is 11.4 Å². The maximum absolute atomic E-state index is 12.5. The number of rotatable bonds is 7. The zero-order chi connectivity index (χ0) is 18.2. The molecule has 1 saturated carbocycles. The van der Waals surface area contributed by atoms with E-state index < -0.39 is 0 Å². The summed E-state index contributed by atoms with van der Waals surface area (Å²) >= 11 is 0. The normalized spacial score (nSPS) is 14.0. The lowest BCUT2D eigenvalue weighted by Crippen LogP contribution is -2.35. The van der Waals surface area contributed by atoms with Crippen molar-refractivity contribution >= 4 is 23.2 Å². The molecule has 0 bridgehead atoms. The van der Waals surface area contributed by atoms with E-state index in [1.54, 1.807) is 6.07 Å². The second-order valence-electron chi connectivity index (χ2n) is 6.59. The van der Waals surface area contributed by atoms with Crippen molar-refractivity contribution in [2.75, 3.05) is 11.9 Å². The summed E-state index contributed by atoms with van der Waals surface area (Å²) in [6.07, 6.45) is 4.81. The highest BCUT2D eigenvalue weighted by Crippen LogP contribution is 2.20. The van der Waals surface area contributed by atoms with Crippen LogP contribution in [0.3, 0.4) is 0 Å². The third-order valence-electron chi connectivity index (χ3n) is 4.58. The molecule has 0 radical (unpaired) electrons. The maximum Gasteiger partial charge on any atom is 0.253 e. The van der Waals surface area contributed by atoms with Crippen LogP contribution in [0.2, 0.25) is 0 Å². The average Bonchev–Trinajstić information content (AvgIpc) is 3.16. The number of amides is 2. The number of nitrogens with one attached hydrogen (secondary N) is 3. The molecule has 1 aliphatic rings. The lowest BCUT2D eigenvalue weighted by molar-refractivity contribution is -0.121. The Labute approximate surface area is 154 Å².